The van der Waals surface area contributed by atoms with Crippen molar-refractivity contribution in [3.63, 3.8) is 0 Å². The monoisotopic (exact) mass is 333 g/mol. The van der Waals surface area contributed by atoms with Crippen molar-refractivity contribution in [3.05, 3.63) is 65.0 Å². The van der Waals surface area contributed by atoms with Crippen molar-refractivity contribution in [2.75, 3.05) is 13.1 Å². The number of nitrogens with one attached hydrogen (secondary N) is 1. The van der Waals surface area contributed by atoms with Crippen LogP contribution in [0.3, 0.4) is 0 Å². The minimum atomic E-state index is 0.0238. The van der Waals surface area contributed by atoms with E-state index < -0.39 is 0 Å². The lowest BCUT2D eigenvalue weighted by atomic mass is 9.91. The van der Waals surface area contributed by atoms with Gasteiger partial charge in [-0.05, 0) is 75.0 Å². The molecule has 0 atom stereocenters. The van der Waals surface area contributed by atoms with Crippen LogP contribution < -0.4 is 5.32 Å². The van der Waals surface area contributed by atoms with Gasteiger partial charge in [0.05, 0.1) is 11.0 Å². The molecule has 0 amide bonds. The average molecular weight is 333 g/mol. The minimum Gasteiger partial charge on any atom is -0.317 e. The van der Waals surface area contributed by atoms with Crippen molar-refractivity contribution in [3.8, 4) is 0 Å². The van der Waals surface area contributed by atoms with Gasteiger partial charge in [0.1, 0.15) is 0 Å². The van der Waals surface area contributed by atoms with Crippen LogP contribution in [0.5, 0.6) is 0 Å². The summed E-state index contributed by atoms with van der Waals surface area (Å²) in [6, 6.07) is 9.89. The number of carbonyl (C=O) groups excluding carboxylic acids is 1. The maximum atomic E-state index is 13.2. The number of piperidine rings is 1. The second-order valence-corrected chi connectivity index (χ2v) is 6.97. The zero-order valence-corrected chi connectivity index (χ0v) is 14.7. The van der Waals surface area contributed by atoms with Gasteiger partial charge in [-0.1, -0.05) is 17.7 Å². The molecule has 4 rings (SSSR count). The van der Waals surface area contributed by atoms with Gasteiger partial charge < -0.3 is 5.32 Å². The van der Waals surface area contributed by atoms with E-state index in [1.165, 1.54) is 11.1 Å². The van der Waals surface area contributed by atoms with E-state index in [1.807, 2.05) is 50.5 Å². The molecule has 2 aromatic heterocycles. The molecule has 4 nitrogen and oxygen atoms in total. The van der Waals surface area contributed by atoms with Crippen LogP contribution in [0.1, 0.15) is 45.8 Å². The van der Waals surface area contributed by atoms with E-state index >= 15 is 0 Å². The molecule has 3 aromatic rings. The first-order chi connectivity index (χ1) is 12.1. The van der Waals surface area contributed by atoms with E-state index in [4.69, 9.17) is 0 Å². The number of nitrogens with zero attached hydrogens (tertiary/aromatic N) is 2. The van der Waals surface area contributed by atoms with Gasteiger partial charge in [-0.2, -0.15) is 0 Å². The molecule has 0 aliphatic carbocycles. The van der Waals surface area contributed by atoms with Gasteiger partial charge in [0, 0.05) is 18.0 Å². The summed E-state index contributed by atoms with van der Waals surface area (Å²) in [5.41, 5.74) is 6.01. The van der Waals surface area contributed by atoms with Gasteiger partial charge >= 0.3 is 0 Å². The molecule has 25 heavy (non-hydrogen) atoms. The van der Waals surface area contributed by atoms with Gasteiger partial charge in [0.15, 0.2) is 0 Å². The first-order valence-corrected chi connectivity index (χ1v) is 8.94. The van der Waals surface area contributed by atoms with Gasteiger partial charge in [0.2, 0.25) is 0 Å². The summed E-state index contributed by atoms with van der Waals surface area (Å²) in [6.45, 7) is 6.09. The van der Waals surface area contributed by atoms with E-state index in [0.717, 1.165) is 48.1 Å². The Morgan fingerprint density at radius 1 is 1.20 bits per heavy atom. The molecule has 1 fully saturated rings. The molecule has 1 aromatic carbocycles. The fraction of sp³-hybridized carbons (Fsp3) is 0.333. The summed E-state index contributed by atoms with van der Waals surface area (Å²) in [7, 11) is 0. The van der Waals surface area contributed by atoms with Crippen LogP contribution >= 0.6 is 0 Å². The molecule has 1 aliphatic rings. The molecule has 128 valence electrons. The van der Waals surface area contributed by atoms with Crippen molar-refractivity contribution in [1.29, 1.82) is 0 Å². The van der Waals surface area contributed by atoms with Crippen LogP contribution in [0.15, 0.2) is 42.7 Å². The third-order valence-electron chi connectivity index (χ3n) is 5.20. The van der Waals surface area contributed by atoms with E-state index in [9.17, 15) is 4.79 Å². The summed E-state index contributed by atoms with van der Waals surface area (Å²) in [5.74, 6) is 0.488. The van der Waals surface area contributed by atoms with Crippen LogP contribution in [-0.2, 0) is 0 Å². The maximum absolute atomic E-state index is 13.2. The van der Waals surface area contributed by atoms with Crippen molar-refractivity contribution < 1.29 is 4.79 Å². The maximum Gasteiger partial charge on any atom is 0.262 e. The Balaban J connectivity index is 1.83. The third-order valence-corrected chi connectivity index (χ3v) is 5.20. The van der Waals surface area contributed by atoms with Crippen molar-refractivity contribution in [1.82, 2.24) is 14.9 Å². The summed E-state index contributed by atoms with van der Waals surface area (Å²) in [4.78, 5) is 17.8. The van der Waals surface area contributed by atoms with Gasteiger partial charge in [-0.25, -0.2) is 0 Å². The molecule has 1 saturated heterocycles. The first-order valence-electron chi connectivity index (χ1n) is 8.94. The first kappa shape index (κ1) is 16.0. The molecule has 0 spiro atoms. The lowest BCUT2D eigenvalue weighted by Gasteiger charge is -2.21. The second kappa shape index (κ2) is 6.45. The molecular formula is C21H23N3O. The van der Waals surface area contributed by atoms with Gasteiger partial charge in [0.25, 0.3) is 5.91 Å². The van der Waals surface area contributed by atoms with Crippen LogP contribution in [-0.4, -0.2) is 28.5 Å². The summed E-state index contributed by atoms with van der Waals surface area (Å²) < 4.78 is 1.79. The SMILES string of the molecule is Cc1ccc(C(=O)n2cc(C3CCNCC3)c3ncccc32)c(C)c1. The number of carbonyl (C=O) groups is 1. The Hall–Kier alpha value is -2.46. The zero-order chi connectivity index (χ0) is 17.4. The van der Waals surface area contributed by atoms with Crippen LogP contribution in [0, 0.1) is 13.8 Å². The second-order valence-electron chi connectivity index (χ2n) is 6.97. The number of aryl methyl sites for hydroxylation is 2. The molecule has 0 radical (unpaired) electrons. The van der Waals surface area contributed by atoms with Gasteiger partial charge in [-0.3, -0.25) is 14.3 Å². The quantitative estimate of drug-likeness (QED) is 0.776. The van der Waals surface area contributed by atoms with Crippen LogP contribution in [0.25, 0.3) is 11.0 Å². The Bertz CT molecular complexity index is 935. The average Bonchev–Trinajstić information content (AvgIpc) is 3.02. The summed E-state index contributed by atoms with van der Waals surface area (Å²) in [5, 5.41) is 3.41. The number of hydrogen-bond acceptors (Lipinski definition) is 3. The summed E-state index contributed by atoms with van der Waals surface area (Å²) >= 11 is 0. The molecular weight excluding hydrogens is 310 g/mol. The van der Waals surface area contributed by atoms with Gasteiger partial charge in [-0.15, -0.1) is 0 Å². The van der Waals surface area contributed by atoms with E-state index in [1.54, 1.807) is 4.57 Å². The third kappa shape index (κ3) is 2.87. The predicted molar refractivity (Wildman–Crippen MR) is 100 cm³/mol. The standard InChI is InChI=1S/C21H23N3O/c1-14-5-6-17(15(2)12-14)21(25)24-13-18(16-7-10-22-11-8-16)20-19(24)4-3-9-23-20/h3-6,9,12-13,16,22H,7-8,10-11H2,1-2H3. The fourth-order valence-electron chi connectivity index (χ4n) is 3.87. The van der Waals surface area contributed by atoms with Crippen LogP contribution in [0.2, 0.25) is 0 Å². The lowest BCUT2D eigenvalue weighted by Crippen LogP contribution is -2.26. The highest BCUT2D eigenvalue weighted by atomic mass is 16.2. The van der Waals surface area contributed by atoms with Crippen LogP contribution in [0.4, 0.5) is 0 Å². The highest BCUT2D eigenvalue weighted by molar-refractivity contribution is 6.03. The van der Waals surface area contributed by atoms with Crippen molar-refractivity contribution in [2.45, 2.75) is 32.6 Å². The molecule has 0 saturated carbocycles. The van der Waals surface area contributed by atoms with Crippen molar-refractivity contribution >= 4 is 16.9 Å². The molecule has 3 heterocycles. The predicted octanol–water partition coefficient (Wildman–Crippen LogP) is 3.81. The Morgan fingerprint density at radius 3 is 2.76 bits per heavy atom. The van der Waals surface area contributed by atoms with Crippen molar-refractivity contribution in [2.24, 2.45) is 0 Å². The number of benzene rings is 1. The topological polar surface area (TPSA) is 46.9 Å². The largest absolute Gasteiger partial charge is 0.317 e. The molecule has 0 bridgehead atoms. The molecule has 4 heteroatoms. The highest BCUT2D eigenvalue weighted by Crippen LogP contribution is 2.32. The Kier molecular flexibility index (Phi) is 4.14. The number of hydrogen-bond donors (Lipinski definition) is 1. The number of pyridine rings is 1. The Morgan fingerprint density at radius 2 is 2.00 bits per heavy atom. The van der Waals surface area contributed by atoms with E-state index in [0.29, 0.717) is 5.92 Å². The highest BCUT2D eigenvalue weighted by Gasteiger charge is 2.23. The fourth-order valence-corrected chi connectivity index (χ4v) is 3.87. The minimum absolute atomic E-state index is 0.0238. The lowest BCUT2D eigenvalue weighted by molar-refractivity contribution is 0.0964. The molecule has 1 aliphatic heterocycles. The van der Waals surface area contributed by atoms with E-state index in [2.05, 4.69) is 16.4 Å². The summed E-state index contributed by atoms with van der Waals surface area (Å²) in [6.07, 6.45) is 6.02. The number of aromatic nitrogens is 2. The number of rotatable bonds is 2. The molecule has 0 unspecified atom stereocenters. The smallest absolute Gasteiger partial charge is 0.262 e. The molecule has 1 N–H and O–H groups in total. The van der Waals surface area contributed by atoms with E-state index in [-0.39, 0.29) is 5.91 Å². The zero-order valence-electron chi connectivity index (χ0n) is 14.7. The number of fused-ring (bicyclic) bond motifs is 1. The Labute approximate surface area is 147 Å². The normalized spacial score (nSPS) is 15.6.